The lowest BCUT2D eigenvalue weighted by Crippen LogP contribution is -2.50. The van der Waals surface area contributed by atoms with Crippen LogP contribution in [0.2, 0.25) is 0 Å². The summed E-state index contributed by atoms with van der Waals surface area (Å²) in [5.74, 6) is 1.36. The predicted octanol–water partition coefficient (Wildman–Crippen LogP) is 2.35. The van der Waals surface area contributed by atoms with Gasteiger partial charge in [0.2, 0.25) is 0 Å². The summed E-state index contributed by atoms with van der Waals surface area (Å²) in [6, 6.07) is 0.380. The topological polar surface area (TPSA) is 38.5 Å². The molecular weight excluding hydrogens is 224 g/mol. The van der Waals surface area contributed by atoms with E-state index >= 15 is 0 Å². The van der Waals surface area contributed by atoms with Gasteiger partial charge in [-0.05, 0) is 36.6 Å². The van der Waals surface area contributed by atoms with Crippen LogP contribution < -0.4 is 5.73 Å². The van der Waals surface area contributed by atoms with Crippen LogP contribution in [0, 0.1) is 17.3 Å². The van der Waals surface area contributed by atoms with Gasteiger partial charge in [0.05, 0.1) is 6.61 Å². The van der Waals surface area contributed by atoms with E-state index in [9.17, 15) is 0 Å². The van der Waals surface area contributed by atoms with Gasteiger partial charge < -0.3 is 15.4 Å². The molecule has 1 fully saturated rings. The van der Waals surface area contributed by atoms with Crippen molar-refractivity contribution in [2.45, 2.75) is 46.6 Å². The maximum atomic E-state index is 6.23. The van der Waals surface area contributed by atoms with Crippen molar-refractivity contribution in [1.29, 1.82) is 0 Å². The second-order valence-corrected chi connectivity index (χ2v) is 6.43. The summed E-state index contributed by atoms with van der Waals surface area (Å²) in [4.78, 5) is 2.51. The molecule has 1 saturated carbocycles. The third-order valence-electron chi connectivity index (χ3n) is 5.25. The van der Waals surface area contributed by atoms with Crippen molar-refractivity contribution in [3.05, 3.63) is 0 Å². The lowest BCUT2D eigenvalue weighted by molar-refractivity contribution is 0.0244. The maximum Gasteiger partial charge on any atom is 0.0589 e. The predicted molar refractivity (Wildman–Crippen MR) is 77.6 cm³/mol. The number of nitrogens with two attached hydrogens (primary N) is 1. The largest absolute Gasteiger partial charge is 0.383 e. The Morgan fingerprint density at radius 3 is 2.56 bits per heavy atom. The Morgan fingerprint density at radius 1 is 1.33 bits per heavy atom. The third-order valence-corrected chi connectivity index (χ3v) is 5.25. The molecule has 0 saturated heterocycles. The van der Waals surface area contributed by atoms with Crippen molar-refractivity contribution >= 4 is 0 Å². The van der Waals surface area contributed by atoms with Gasteiger partial charge in [-0.2, -0.15) is 0 Å². The van der Waals surface area contributed by atoms with Crippen LogP contribution in [0.4, 0.5) is 0 Å². The van der Waals surface area contributed by atoms with Crippen LogP contribution in [-0.2, 0) is 4.74 Å². The summed E-state index contributed by atoms with van der Waals surface area (Å²) in [5.41, 5.74) is 6.57. The first-order valence-electron chi connectivity index (χ1n) is 7.40. The highest BCUT2D eigenvalue weighted by Crippen LogP contribution is 2.44. The van der Waals surface area contributed by atoms with Crippen LogP contribution in [-0.4, -0.2) is 44.3 Å². The maximum absolute atomic E-state index is 6.23. The van der Waals surface area contributed by atoms with E-state index < -0.39 is 0 Å². The number of hydrogen-bond donors (Lipinski definition) is 1. The number of methoxy groups -OCH3 is 1. The van der Waals surface area contributed by atoms with Gasteiger partial charge in [0.1, 0.15) is 0 Å². The van der Waals surface area contributed by atoms with E-state index in [4.69, 9.17) is 10.5 Å². The third kappa shape index (κ3) is 3.69. The summed E-state index contributed by atoms with van der Waals surface area (Å²) in [6.07, 6.45) is 2.44. The van der Waals surface area contributed by atoms with Crippen molar-refractivity contribution < 1.29 is 4.74 Å². The molecule has 0 radical (unpaired) electrons. The highest BCUT2D eigenvalue weighted by atomic mass is 16.5. The Labute approximate surface area is 113 Å². The average molecular weight is 256 g/mol. The van der Waals surface area contributed by atoms with Crippen molar-refractivity contribution in [3.8, 4) is 0 Å². The molecule has 1 aliphatic rings. The zero-order valence-corrected chi connectivity index (χ0v) is 12.9. The van der Waals surface area contributed by atoms with Gasteiger partial charge >= 0.3 is 0 Å². The molecule has 3 unspecified atom stereocenters. The van der Waals surface area contributed by atoms with Gasteiger partial charge in [-0.15, -0.1) is 0 Å². The first-order valence-corrected chi connectivity index (χ1v) is 7.40. The molecule has 2 N–H and O–H groups in total. The summed E-state index contributed by atoms with van der Waals surface area (Å²) < 4.78 is 5.19. The van der Waals surface area contributed by atoms with Crippen LogP contribution in [0.5, 0.6) is 0 Å². The fourth-order valence-electron chi connectivity index (χ4n) is 3.18. The normalized spacial score (nSPS) is 31.8. The molecule has 1 rings (SSSR count). The van der Waals surface area contributed by atoms with E-state index in [1.54, 1.807) is 7.11 Å². The van der Waals surface area contributed by atoms with Crippen molar-refractivity contribution in [2.75, 3.05) is 33.4 Å². The molecule has 0 heterocycles. The van der Waals surface area contributed by atoms with E-state index in [1.807, 2.05) is 0 Å². The first-order chi connectivity index (χ1) is 8.43. The smallest absolute Gasteiger partial charge is 0.0589 e. The molecule has 18 heavy (non-hydrogen) atoms. The zero-order valence-electron chi connectivity index (χ0n) is 12.9. The van der Waals surface area contributed by atoms with Gasteiger partial charge in [0, 0.05) is 26.2 Å². The van der Waals surface area contributed by atoms with Crippen LogP contribution in [0.15, 0.2) is 0 Å². The summed E-state index contributed by atoms with van der Waals surface area (Å²) >= 11 is 0. The van der Waals surface area contributed by atoms with Gasteiger partial charge in [-0.25, -0.2) is 0 Å². The van der Waals surface area contributed by atoms with Crippen molar-refractivity contribution in [3.63, 3.8) is 0 Å². The minimum Gasteiger partial charge on any atom is -0.383 e. The summed E-state index contributed by atoms with van der Waals surface area (Å²) in [6.45, 7) is 13.5. The van der Waals surface area contributed by atoms with Gasteiger partial charge in [-0.1, -0.05) is 27.7 Å². The molecule has 3 heteroatoms. The number of ether oxygens (including phenoxy) is 1. The van der Waals surface area contributed by atoms with E-state index in [-0.39, 0.29) is 0 Å². The zero-order chi connectivity index (χ0) is 13.8. The Kier molecular flexibility index (Phi) is 6.09. The Balaban J connectivity index is 2.59. The highest BCUT2D eigenvalue weighted by Gasteiger charge is 2.41. The van der Waals surface area contributed by atoms with Crippen LogP contribution in [0.1, 0.15) is 40.5 Å². The van der Waals surface area contributed by atoms with Crippen LogP contribution in [0.3, 0.4) is 0 Å². The monoisotopic (exact) mass is 256 g/mol. The molecule has 0 aromatic carbocycles. The van der Waals surface area contributed by atoms with E-state index in [0.29, 0.717) is 17.4 Å². The second kappa shape index (κ2) is 6.88. The van der Waals surface area contributed by atoms with Crippen molar-refractivity contribution in [2.24, 2.45) is 23.0 Å². The molecule has 1 aliphatic carbocycles. The lowest BCUT2D eigenvalue weighted by atomic mass is 9.61. The van der Waals surface area contributed by atoms with Crippen LogP contribution in [0.25, 0.3) is 0 Å². The number of hydrogen-bond acceptors (Lipinski definition) is 3. The van der Waals surface area contributed by atoms with E-state index in [2.05, 4.69) is 32.6 Å². The van der Waals surface area contributed by atoms with Crippen LogP contribution >= 0.6 is 0 Å². The number of likely N-dealkylation sites (N-methyl/N-ethyl adjacent to an activating group) is 1. The van der Waals surface area contributed by atoms with E-state index in [0.717, 1.165) is 25.6 Å². The van der Waals surface area contributed by atoms with Gasteiger partial charge in [-0.3, -0.25) is 0 Å². The first kappa shape index (κ1) is 15.9. The molecule has 0 spiro atoms. The Hall–Kier alpha value is -0.120. The molecular formula is C15H32N2O. The molecule has 3 nitrogen and oxygen atoms in total. The molecule has 3 atom stereocenters. The second-order valence-electron chi connectivity index (χ2n) is 6.43. The number of nitrogens with zero attached hydrogens (tertiary/aromatic N) is 1. The van der Waals surface area contributed by atoms with Crippen molar-refractivity contribution in [1.82, 2.24) is 4.90 Å². The summed E-state index contributed by atoms with van der Waals surface area (Å²) in [7, 11) is 1.78. The SMILES string of the molecule is CCN(CCOC)CC1CCC(N)C(C)C1(C)C. The molecule has 0 aliphatic heterocycles. The average Bonchev–Trinajstić information content (AvgIpc) is 2.34. The number of rotatable bonds is 6. The lowest BCUT2D eigenvalue weighted by Gasteiger charge is -2.48. The highest BCUT2D eigenvalue weighted by molar-refractivity contribution is 4.94. The summed E-state index contributed by atoms with van der Waals surface area (Å²) in [5, 5.41) is 0. The quantitative estimate of drug-likeness (QED) is 0.793. The van der Waals surface area contributed by atoms with Gasteiger partial charge in [0.15, 0.2) is 0 Å². The molecule has 0 bridgehead atoms. The van der Waals surface area contributed by atoms with Gasteiger partial charge in [0.25, 0.3) is 0 Å². The fourth-order valence-corrected chi connectivity index (χ4v) is 3.18. The fraction of sp³-hybridized carbons (Fsp3) is 1.00. The standard InChI is InChI=1S/C15H32N2O/c1-6-17(9-10-18-5)11-13-7-8-14(16)12(2)15(13,3)4/h12-14H,6-11,16H2,1-5H3. The minimum absolute atomic E-state index is 0.345. The Morgan fingerprint density at radius 2 is 2.00 bits per heavy atom. The molecule has 0 aromatic rings. The minimum atomic E-state index is 0.345. The molecule has 108 valence electrons. The van der Waals surface area contributed by atoms with E-state index in [1.165, 1.54) is 19.4 Å². The Bertz CT molecular complexity index is 243. The molecule has 0 amide bonds. The molecule has 0 aromatic heterocycles.